The summed E-state index contributed by atoms with van der Waals surface area (Å²) in [5.41, 5.74) is 1.05. The fraction of sp³-hybridized carbons (Fsp3) is 0.429. The number of amides is 1. The van der Waals surface area contributed by atoms with E-state index in [-0.39, 0.29) is 11.8 Å². The fourth-order valence-corrected chi connectivity index (χ4v) is 3.67. The minimum Gasteiger partial charge on any atom is -0.351 e. The molecule has 0 radical (unpaired) electrons. The average molecular weight is 292 g/mol. The van der Waals surface area contributed by atoms with E-state index in [9.17, 15) is 4.79 Å². The quantitative estimate of drug-likeness (QED) is 0.935. The van der Waals surface area contributed by atoms with Crippen LogP contribution in [0, 0.1) is 12.8 Å². The van der Waals surface area contributed by atoms with Crippen molar-refractivity contribution < 1.29 is 4.79 Å². The Morgan fingerprint density at radius 2 is 2.32 bits per heavy atom. The van der Waals surface area contributed by atoms with Gasteiger partial charge in [-0.25, -0.2) is 4.98 Å². The van der Waals surface area contributed by atoms with E-state index >= 15 is 0 Å². The molecule has 1 fully saturated rings. The lowest BCUT2D eigenvalue weighted by Crippen LogP contribution is -2.33. The predicted octanol–water partition coefficient (Wildman–Crippen LogP) is 3.60. The van der Waals surface area contributed by atoms with Gasteiger partial charge in [0.25, 0.3) is 0 Å². The van der Waals surface area contributed by atoms with Crippen LogP contribution >= 0.6 is 22.7 Å². The third-order valence-corrected chi connectivity index (χ3v) is 5.33. The number of aromatic nitrogens is 1. The largest absolute Gasteiger partial charge is 0.351 e. The highest BCUT2D eigenvalue weighted by atomic mass is 32.1. The Labute approximate surface area is 120 Å². The molecule has 3 rings (SSSR count). The zero-order chi connectivity index (χ0) is 13.2. The van der Waals surface area contributed by atoms with Crippen LogP contribution in [0.4, 0.5) is 0 Å². The molecule has 2 aromatic heterocycles. The number of thiazole rings is 1. The molecular formula is C14H16N2OS2. The first kappa shape index (κ1) is 12.8. The number of carbonyl (C=O) groups is 1. The van der Waals surface area contributed by atoms with Gasteiger partial charge in [0.1, 0.15) is 0 Å². The van der Waals surface area contributed by atoms with E-state index in [1.165, 1.54) is 16.2 Å². The van der Waals surface area contributed by atoms with Gasteiger partial charge in [-0.3, -0.25) is 4.79 Å². The Hall–Kier alpha value is -1.20. The van der Waals surface area contributed by atoms with Crippen LogP contribution in [0.5, 0.6) is 0 Å². The van der Waals surface area contributed by atoms with E-state index in [4.69, 9.17) is 0 Å². The van der Waals surface area contributed by atoms with Crippen LogP contribution in [0.2, 0.25) is 0 Å². The summed E-state index contributed by atoms with van der Waals surface area (Å²) in [5.74, 6) is 0.478. The van der Waals surface area contributed by atoms with Gasteiger partial charge in [0.05, 0.1) is 22.1 Å². The molecule has 1 aliphatic rings. The smallest absolute Gasteiger partial charge is 0.223 e. The number of carbonyl (C=O) groups excluding carboxylic acids is 1. The highest BCUT2D eigenvalue weighted by Gasteiger charge is 2.24. The summed E-state index contributed by atoms with van der Waals surface area (Å²) in [6.45, 7) is 2.66. The number of nitrogens with zero attached hydrogens (tertiary/aromatic N) is 1. The van der Waals surface area contributed by atoms with Gasteiger partial charge >= 0.3 is 0 Å². The number of nitrogens with one attached hydrogen (secondary N) is 1. The molecule has 0 saturated heterocycles. The van der Waals surface area contributed by atoms with Crippen molar-refractivity contribution in [1.29, 1.82) is 0 Å². The van der Waals surface area contributed by atoms with Gasteiger partial charge in [-0.15, -0.1) is 22.7 Å². The van der Waals surface area contributed by atoms with Gasteiger partial charge in [0.2, 0.25) is 5.91 Å². The Balaban J connectivity index is 1.60. The Morgan fingerprint density at radius 3 is 2.95 bits per heavy atom. The molecule has 0 spiro atoms. The van der Waals surface area contributed by atoms with Crippen molar-refractivity contribution in [3.8, 4) is 10.6 Å². The summed E-state index contributed by atoms with van der Waals surface area (Å²) in [5, 5.41) is 6.19. The molecular weight excluding hydrogens is 276 g/mol. The molecule has 0 aliphatic heterocycles. The van der Waals surface area contributed by atoms with Crippen LogP contribution in [0.3, 0.4) is 0 Å². The highest BCUT2D eigenvalue weighted by molar-refractivity contribution is 7.16. The maximum Gasteiger partial charge on any atom is 0.223 e. The summed E-state index contributed by atoms with van der Waals surface area (Å²) in [4.78, 5) is 18.6. The van der Waals surface area contributed by atoms with Crippen LogP contribution < -0.4 is 5.32 Å². The van der Waals surface area contributed by atoms with Crippen LogP contribution in [-0.2, 0) is 11.3 Å². The van der Waals surface area contributed by atoms with Gasteiger partial charge in [0.15, 0.2) is 0 Å². The standard InChI is InChI=1S/C14H16N2OS2/c1-9-16-12(8-18-9)13-6-5-11(19-13)7-15-14(17)10-3-2-4-10/h5-6,8,10H,2-4,7H2,1H3,(H,15,17). The lowest BCUT2D eigenvalue weighted by atomic mass is 9.85. The summed E-state index contributed by atoms with van der Waals surface area (Å²) in [7, 11) is 0. The monoisotopic (exact) mass is 292 g/mol. The zero-order valence-electron chi connectivity index (χ0n) is 10.8. The Bertz CT molecular complexity index is 584. The van der Waals surface area contributed by atoms with E-state index in [1.54, 1.807) is 22.7 Å². The third kappa shape index (κ3) is 2.87. The first-order chi connectivity index (χ1) is 9.22. The van der Waals surface area contributed by atoms with Crippen molar-refractivity contribution in [3.63, 3.8) is 0 Å². The van der Waals surface area contributed by atoms with Crippen molar-refractivity contribution in [2.24, 2.45) is 5.92 Å². The number of rotatable bonds is 4. The topological polar surface area (TPSA) is 42.0 Å². The summed E-state index contributed by atoms with van der Waals surface area (Å²) in [6.07, 6.45) is 3.31. The number of hydrogen-bond acceptors (Lipinski definition) is 4. The summed E-state index contributed by atoms with van der Waals surface area (Å²) in [6, 6.07) is 4.17. The van der Waals surface area contributed by atoms with Gasteiger partial charge in [-0.1, -0.05) is 6.42 Å². The molecule has 1 aliphatic carbocycles. The summed E-state index contributed by atoms with van der Waals surface area (Å²) < 4.78 is 0. The molecule has 5 heteroatoms. The van der Waals surface area contributed by atoms with E-state index in [0.29, 0.717) is 6.54 Å². The van der Waals surface area contributed by atoms with Crippen molar-refractivity contribution in [3.05, 3.63) is 27.4 Å². The lowest BCUT2D eigenvalue weighted by Gasteiger charge is -2.23. The second-order valence-corrected chi connectivity index (χ2v) is 7.09. The van der Waals surface area contributed by atoms with E-state index in [2.05, 4.69) is 27.8 Å². The molecule has 0 unspecified atom stereocenters. The number of aryl methyl sites for hydroxylation is 1. The second-order valence-electron chi connectivity index (χ2n) is 4.86. The average Bonchev–Trinajstić information content (AvgIpc) is 2.92. The van der Waals surface area contributed by atoms with Crippen molar-refractivity contribution >= 4 is 28.6 Å². The van der Waals surface area contributed by atoms with E-state index < -0.39 is 0 Å². The highest BCUT2D eigenvalue weighted by Crippen LogP contribution is 2.29. The molecule has 1 amide bonds. The van der Waals surface area contributed by atoms with E-state index in [0.717, 1.165) is 23.5 Å². The van der Waals surface area contributed by atoms with Gasteiger partial charge in [-0.2, -0.15) is 0 Å². The number of hydrogen-bond donors (Lipinski definition) is 1. The predicted molar refractivity (Wildman–Crippen MR) is 79.4 cm³/mol. The summed E-state index contributed by atoms with van der Waals surface area (Å²) >= 11 is 3.38. The van der Waals surface area contributed by atoms with Gasteiger partial charge in [0, 0.05) is 16.2 Å². The molecule has 1 saturated carbocycles. The number of thiophene rings is 1. The molecule has 19 heavy (non-hydrogen) atoms. The molecule has 0 aromatic carbocycles. The molecule has 0 bridgehead atoms. The molecule has 0 atom stereocenters. The minimum atomic E-state index is 0.214. The molecule has 2 aromatic rings. The second kappa shape index (κ2) is 5.43. The normalized spacial score (nSPS) is 15.2. The van der Waals surface area contributed by atoms with Crippen LogP contribution in [0.15, 0.2) is 17.5 Å². The maximum atomic E-state index is 11.8. The zero-order valence-corrected chi connectivity index (χ0v) is 12.4. The molecule has 100 valence electrons. The lowest BCUT2D eigenvalue weighted by molar-refractivity contribution is -0.127. The maximum absolute atomic E-state index is 11.8. The first-order valence-electron chi connectivity index (χ1n) is 6.51. The molecule has 3 nitrogen and oxygen atoms in total. The van der Waals surface area contributed by atoms with Gasteiger partial charge in [-0.05, 0) is 31.9 Å². The SMILES string of the molecule is Cc1nc(-c2ccc(CNC(=O)C3CCC3)s2)cs1. The first-order valence-corrected chi connectivity index (χ1v) is 8.21. The molecule has 1 N–H and O–H groups in total. The fourth-order valence-electron chi connectivity index (χ4n) is 2.08. The van der Waals surface area contributed by atoms with Crippen LogP contribution in [0.1, 0.15) is 29.1 Å². The van der Waals surface area contributed by atoms with E-state index in [1.807, 2.05) is 6.92 Å². The minimum absolute atomic E-state index is 0.214. The third-order valence-electron chi connectivity index (χ3n) is 3.45. The van der Waals surface area contributed by atoms with Gasteiger partial charge < -0.3 is 5.32 Å². The van der Waals surface area contributed by atoms with Crippen molar-refractivity contribution in [2.45, 2.75) is 32.7 Å². The molecule has 2 heterocycles. The van der Waals surface area contributed by atoms with Crippen LogP contribution in [-0.4, -0.2) is 10.9 Å². The van der Waals surface area contributed by atoms with Crippen molar-refractivity contribution in [1.82, 2.24) is 10.3 Å². The Kier molecular flexibility index (Phi) is 3.66. The van der Waals surface area contributed by atoms with Crippen molar-refractivity contribution in [2.75, 3.05) is 0 Å². The van der Waals surface area contributed by atoms with Crippen LogP contribution in [0.25, 0.3) is 10.6 Å². The Morgan fingerprint density at radius 1 is 1.47 bits per heavy atom.